The van der Waals surface area contributed by atoms with Gasteiger partial charge in [0.15, 0.2) is 23.3 Å². The van der Waals surface area contributed by atoms with E-state index in [1.54, 1.807) is 24.3 Å². The Morgan fingerprint density at radius 3 is 1.24 bits per heavy atom. The van der Waals surface area contributed by atoms with Crippen molar-refractivity contribution in [3.05, 3.63) is 132 Å². The summed E-state index contributed by atoms with van der Waals surface area (Å²) in [6, 6.07) is 21.3. The molecule has 0 aromatic heterocycles. The lowest BCUT2D eigenvalue weighted by Crippen LogP contribution is -2.08. The van der Waals surface area contributed by atoms with Crippen molar-refractivity contribution < 1.29 is 45.4 Å². The van der Waals surface area contributed by atoms with Crippen molar-refractivity contribution in [2.75, 3.05) is 0 Å². The van der Waals surface area contributed by atoms with Crippen LogP contribution in [0, 0.1) is 34.9 Å². The topological polar surface area (TPSA) is 52.6 Å². The van der Waals surface area contributed by atoms with Crippen molar-refractivity contribution in [2.45, 2.75) is 57.8 Å². The molecule has 264 valence electrons. The second kappa shape index (κ2) is 17.5. The van der Waals surface area contributed by atoms with Crippen molar-refractivity contribution in [1.29, 1.82) is 0 Å². The second-order valence-electron chi connectivity index (χ2n) is 12.0. The number of carbonyl (C=O) groups is 2. The SMILES string of the molecule is O=C(CCCCCCCCCC(=O)Oc1ccc(-c2ccc(F)c(F)c2)c(F)c1)Oc1ccc(-c2ccc(-c3ccc(F)c(F)c3)cc2)c(F)c1. The molecule has 5 aromatic rings. The Morgan fingerprint density at radius 1 is 0.373 bits per heavy atom. The number of hydrogen-bond acceptors (Lipinski definition) is 4. The molecule has 0 bridgehead atoms. The summed E-state index contributed by atoms with van der Waals surface area (Å²) in [6.07, 6.45) is 5.83. The zero-order chi connectivity index (χ0) is 36.3. The van der Waals surface area contributed by atoms with Crippen molar-refractivity contribution in [1.82, 2.24) is 0 Å². The minimum absolute atomic E-state index is 0.0242. The van der Waals surface area contributed by atoms with Gasteiger partial charge in [0.05, 0.1) is 0 Å². The smallest absolute Gasteiger partial charge is 0.311 e. The molecule has 0 amide bonds. The fraction of sp³-hybridized carbons (Fsp3) is 0.220. The van der Waals surface area contributed by atoms with Crippen LogP contribution < -0.4 is 9.47 Å². The highest BCUT2D eigenvalue weighted by molar-refractivity contribution is 5.75. The highest BCUT2D eigenvalue weighted by Gasteiger charge is 2.14. The molecule has 0 aliphatic heterocycles. The van der Waals surface area contributed by atoms with Gasteiger partial charge in [-0.05, 0) is 83.6 Å². The summed E-state index contributed by atoms with van der Waals surface area (Å²) in [6.45, 7) is 0. The standard InChI is InChI=1S/C41H34F6O4/c42-34-20-14-28(22-38(34)46)26-10-12-27(13-11-26)32-18-16-30(24-36(32)44)50-40(48)8-6-4-2-1-3-5-7-9-41(49)51-31-17-19-33(37(45)25-31)29-15-21-35(43)39(47)23-29/h10-25H,1-9H2. The quantitative estimate of drug-likeness (QED) is 0.0471. The molecule has 5 rings (SSSR count). The summed E-state index contributed by atoms with van der Waals surface area (Å²) < 4.78 is 93.4. The summed E-state index contributed by atoms with van der Waals surface area (Å²) in [5, 5.41) is 0. The molecule has 0 atom stereocenters. The van der Waals surface area contributed by atoms with E-state index in [2.05, 4.69) is 0 Å². The van der Waals surface area contributed by atoms with E-state index in [1.807, 2.05) is 0 Å². The molecule has 0 aliphatic rings. The van der Waals surface area contributed by atoms with Crippen LogP contribution in [-0.4, -0.2) is 11.9 Å². The van der Waals surface area contributed by atoms with Crippen molar-refractivity contribution >= 4 is 11.9 Å². The Hall–Kier alpha value is -5.38. The molecule has 0 saturated carbocycles. The zero-order valence-corrected chi connectivity index (χ0v) is 27.5. The van der Waals surface area contributed by atoms with Crippen LogP contribution in [-0.2, 0) is 9.59 Å². The molecule has 51 heavy (non-hydrogen) atoms. The van der Waals surface area contributed by atoms with E-state index < -0.39 is 46.8 Å². The molecule has 0 saturated heterocycles. The van der Waals surface area contributed by atoms with Crippen LogP contribution in [0.4, 0.5) is 26.3 Å². The fourth-order valence-corrected chi connectivity index (χ4v) is 5.56. The summed E-state index contributed by atoms with van der Waals surface area (Å²) in [4.78, 5) is 24.5. The fourth-order valence-electron chi connectivity index (χ4n) is 5.56. The van der Waals surface area contributed by atoms with Crippen LogP contribution in [0.3, 0.4) is 0 Å². The molecule has 0 unspecified atom stereocenters. The van der Waals surface area contributed by atoms with Crippen molar-refractivity contribution in [3.8, 4) is 44.9 Å². The minimum atomic E-state index is -1.09. The highest BCUT2D eigenvalue weighted by Crippen LogP contribution is 2.30. The number of ether oxygens (including phenoxy) is 2. The first-order valence-electron chi connectivity index (χ1n) is 16.6. The van der Waals surface area contributed by atoms with E-state index in [0.29, 0.717) is 35.1 Å². The Kier molecular flexibility index (Phi) is 12.7. The van der Waals surface area contributed by atoms with Gasteiger partial charge < -0.3 is 9.47 Å². The van der Waals surface area contributed by atoms with Crippen LogP contribution in [0.25, 0.3) is 33.4 Å². The lowest BCUT2D eigenvalue weighted by atomic mass is 10.00. The second-order valence-corrected chi connectivity index (χ2v) is 12.0. The molecule has 0 aliphatic carbocycles. The maximum Gasteiger partial charge on any atom is 0.311 e. The molecule has 4 nitrogen and oxygen atoms in total. The monoisotopic (exact) mass is 704 g/mol. The number of esters is 2. The molecule has 0 N–H and O–H groups in total. The predicted molar refractivity (Wildman–Crippen MR) is 182 cm³/mol. The summed E-state index contributed by atoms with van der Waals surface area (Å²) in [5.41, 5.74) is 2.22. The van der Waals surface area contributed by atoms with E-state index in [-0.39, 0.29) is 35.5 Å². The Bertz CT molecular complexity index is 1990. The number of carbonyl (C=O) groups excluding carboxylic acids is 2. The Labute approximate surface area is 291 Å². The zero-order valence-electron chi connectivity index (χ0n) is 27.5. The van der Waals surface area contributed by atoms with E-state index in [4.69, 9.17) is 9.47 Å². The van der Waals surface area contributed by atoms with Crippen molar-refractivity contribution in [2.24, 2.45) is 0 Å². The molecular weight excluding hydrogens is 670 g/mol. The Morgan fingerprint density at radius 2 is 0.765 bits per heavy atom. The van der Waals surface area contributed by atoms with Gasteiger partial charge in [-0.3, -0.25) is 9.59 Å². The average Bonchev–Trinajstić information content (AvgIpc) is 3.10. The van der Waals surface area contributed by atoms with E-state index >= 15 is 0 Å². The van der Waals surface area contributed by atoms with Gasteiger partial charge >= 0.3 is 11.9 Å². The summed E-state index contributed by atoms with van der Waals surface area (Å²) in [5.74, 6) is -6.14. The van der Waals surface area contributed by atoms with Crippen LogP contribution in [0.5, 0.6) is 11.5 Å². The molecule has 5 aromatic carbocycles. The first-order chi connectivity index (χ1) is 24.6. The largest absolute Gasteiger partial charge is 0.426 e. The van der Waals surface area contributed by atoms with Crippen LogP contribution in [0.1, 0.15) is 57.8 Å². The highest BCUT2D eigenvalue weighted by atomic mass is 19.2. The van der Waals surface area contributed by atoms with Gasteiger partial charge in [0, 0.05) is 36.1 Å². The summed E-state index contributed by atoms with van der Waals surface area (Å²) >= 11 is 0. The van der Waals surface area contributed by atoms with Crippen molar-refractivity contribution in [3.63, 3.8) is 0 Å². The molecule has 0 fully saturated rings. The lowest BCUT2D eigenvalue weighted by molar-refractivity contribution is -0.135. The first kappa shape index (κ1) is 36.9. The van der Waals surface area contributed by atoms with Gasteiger partial charge in [-0.2, -0.15) is 0 Å². The maximum absolute atomic E-state index is 14.9. The van der Waals surface area contributed by atoms with Gasteiger partial charge in [0.1, 0.15) is 23.1 Å². The first-order valence-corrected chi connectivity index (χ1v) is 16.6. The number of halogens is 6. The van der Waals surface area contributed by atoms with Gasteiger partial charge in [-0.15, -0.1) is 0 Å². The number of rotatable bonds is 15. The number of hydrogen-bond donors (Lipinski definition) is 0. The van der Waals surface area contributed by atoms with E-state index in [0.717, 1.165) is 68.5 Å². The van der Waals surface area contributed by atoms with Gasteiger partial charge in [-0.25, -0.2) is 26.3 Å². The third-order valence-electron chi connectivity index (χ3n) is 8.29. The van der Waals surface area contributed by atoms with Crippen LogP contribution in [0.15, 0.2) is 97.1 Å². The third-order valence-corrected chi connectivity index (χ3v) is 8.29. The normalized spacial score (nSPS) is 11.0. The molecule has 0 radical (unpaired) electrons. The van der Waals surface area contributed by atoms with Gasteiger partial charge in [0.25, 0.3) is 0 Å². The average molecular weight is 705 g/mol. The molecule has 0 spiro atoms. The van der Waals surface area contributed by atoms with Gasteiger partial charge in [-0.1, -0.05) is 68.5 Å². The summed E-state index contributed by atoms with van der Waals surface area (Å²) in [7, 11) is 0. The van der Waals surface area contributed by atoms with Gasteiger partial charge in [0.2, 0.25) is 0 Å². The maximum atomic E-state index is 14.9. The Balaban J connectivity index is 0.943. The molecular formula is C41H34F6O4. The van der Waals surface area contributed by atoms with Crippen LogP contribution in [0.2, 0.25) is 0 Å². The van der Waals surface area contributed by atoms with E-state index in [1.165, 1.54) is 36.4 Å². The van der Waals surface area contributed by atoms with E-state index in [9.17, 15) is 35.9 Å². The number of benzene rings is 5. The predicted octanol–water partition coefficient (Wildman–Crippen LogP) is 11.5. The van der Waals surface area contributed by atoms with Crippen LogP contribution >= 0.6 is 0 Å². The third kappa shape index (κ3) is 10.3. The number of unbranched alkanes of at least 4 members (excludes halogenated alkanes) is 6. The minimum Gasteiger partial charge on any atom is -0.426 e. The molecule has 10 heteroatoms. The lowest BCUT2D eigenvalue weighted by Gasteiger charge is -2.09. The molecule has 0 heterocycles.